The highest BCUT2D eigenvalue weighted by Crippen LogP contribution is 2.37. The lowest BCUT2D eigenvalue weighted by atomic mass is 9.73. The summed E-state index contributed by atoms with van der Waals surface area (Å²) in [6.07, 6.45) is 10.3. The van der Waals surface area contributed by atoms with Crippen molar-refractivity contribution in [3.05, 3.63) is 0 Å². The highest BCUT2D eigenvalue weighted by atomic mass is 16.4. The van der Waals surface area contributed by atoms with Gasteiger partial charge in [-0.05, 0) is 70.8 Å². The Labute approximate surface area is 130 Å². The number of likely N-dealkylation sites (tertiary alicyclic amines) is 1. The van der Waals surface area contributed by atoms with E-state index in [1.54, 1.807) is 0 Å². The predicted octanol–water partition coefficient (Wildman–Crippen LogP) is 4.17. The summed E-state index contributed by atoms with van der Waals surface area (Å²) in [5, 5.41) is 9.47. The lowest BCUT2D eigenvalue weighted by Crippen LogP contribution is -2.49. The van der Waals surface area contributed by atoms with Gasteiger partial charge in [0.2, 0.25) is 0 Å². The number of carboxylic acids is 1. The van der Waals surface area contributed by atoms with Gasteiger partial charge in [0.05, 0.1) is 5.41 Å². The Bertz CT molecular complexity index is 345. The summed E-state index contributed by atoms with van der Waals surface area (Å²) in [5.41, 5.74) is -0.585. The minimum absolute atomic E-state index is 0.303. The second kappa shape index (κ2) is 7.13. The average Bonchev–Trinajstić information content (AvgIpc) is 2.48. The summed E-state index contributed by atoms with van der Waals surface area (Å²) in [5.74, 6) is 0.611. The van der Waals surface area contributed by atoms with Crippen molar-refractivity contribution in [1.29, 1.82) is 0 Å². The van der Waals surface area contributed by atoms with Crippen LogP contribution in [0.25, 0.3) is 0 Å². The van der Waals surface area contributed by atoms with Gasteiger partial charge in [0, 0.05) is 12.6 Å². The highest BCUT2D eigenvalue weighted by molar-refractivity contribution is 5.74. The summed E-state index contributed by atoms with van der Waals surface area (Å²) < 4.78 is 0. The molecule has 1 saturated carbocycles. The SMILES string of the molecule is CCCC1CCC(N2CCCC(C(C)(C)C(=O)O)C2)CC1. The summed E-state index contributed by atoms with van der Waals surface area (Å²) >= 11 is 0. The fourth-order valence-electron chi connectivity index (χ4n) is 4.31. The number of hydrogen-bond acceptors (Lipinski definition) is 2. The second-order valence-electron chi connectivity index (χ2n) is 7.82. The van der Waals surface area contributed by atoms with Gasteiger partial charge in [-0.25, -0.2) is 0 Å². The third kappa shape index (κ3) is 4.00. The molecule has 3 heteroatoms. The van der Waals surface area contributed by atoms with Crippen LogP contribution < -0.4 is 0 Å². The zero-order valence-electron chi connectivity index (χ0n) is 14.1. The van der Waals surface area contributed by atoms with Gasteiger partial charge in [0.1, 0.15) is 0 Å². The van der Waals surface area contributed by atoms with Gasteiger partial charge in [-0.2, -0.15) is 0 Å². The average molecular weight is 295 g/mol. The van der Waals surface area contributed by atoms with E-state index in [2.05, 4.69) is 11.8 Å². The van der Waals surface area contributed by atoms with E-state index in [1.165, 1.54) is 45.1 Å². The molecule has 122 valence electrons. The summed E-state index contributed by atoms with van der Waals surface area (Å²) in [4.78, 5) is 14.1. The van der Waals surface area contributed by atoms with Crippen LogP contribution in [0.4, 0.5) is 0 Å². The third-order valence-electron chi connectivity index (χ3n) is 6.05. The van der Waals surface area contributed by atoms with Crippen LogP contribution in [0.2, 0.25) is 0 Å². The van der Waals surface area contributed by atoms with Crippen LogP contribution >= 0.6 is 0 Å². The minimum atomic E-state index is -0.638. The van der Waals surface area contributed by atoms with Gasteiger partial charge in [0.25, 0.3) is 0 Å². The molecule has 0 aromatic rings. The molecule has 1 unspecified atom stereocenters. The van der Waals surface area contributed by atoms with Crippen LogP contribution in [-0.4, -0.2) is 35.1 Å². The second-order valence-corrected chi connectivity index (χ2v) is 7.82. The van der Waals surface area contributed by atoms with Crippen molar-refractivity contribution in [3.8, 4) is 0 Å². The smallest absolute Gasteiger partial charge is 0.309 e. The van der Waals surface area contributed by atoms with Crippen molar-refractivity contribution in [1.82, 2.24) is 4.90 Å². The van der Waals surface area contributed by atoms with Crippen molar-refractivity contribution in [3.63, 3.8) is 0 Å². The van der Waals surface area contributed by atoms with E-state index in [1.807, 2.05) is 13.8 Å². The normalized spacial score (nSPS) is 32.0. The topological polar surface area (TPSA) is 40.5 Å². The Balaban J connectivity index is 1.89. The van der Waals surface area contributed by atoms with Crippen LogP contribution in [0.15, 0.2) is 0 Å². The lowest BCUT2D eigenvalue weighted by molar-refractivity contribution is -0.151. The third-order valence-corrected chi connectivity index (χ3v) is 6.05. The first-order chi connectivity index (χ1) is 9.95. The largest absolute Gasteiger partial charge is 0.481 e. The van der Waals surface area contributed by atoms with Crippen molar-refractivity contribution < 1.29 is 9.90 Å². The molecule has 2 rings (SSSR count). The summed E-state index contributed by atoms with van der Waals surface area (Å²) in [7, 11) is 0. The molecule has 0 bridgehead atoms. The number of nitrogens with zero attached hydrogens (tertiary/aromatic N) is 1. The Morgan fingerprint density at radius 3 is 2.43 bits per heavy atom. The van der Waals surface area contributed by atoms with E-state index in [-0.39, 0.29) is 0 Å². The van der Waals surface area contributed by atoms with E-state index in [9.17, 15) is 9.90 Å². The van der Waals surface area contributed by atoms with Gasteiger partial charge in [-0.3, -0.25) is 4.79 Å². The van der Waals surface area contributed by atoms with Gasteiger partial charge in [-0.1, -0.05) is 19.8 Å². The quantitative estimate of drug-likeness (QED) is 0.827. The molecule has 0 spiro atoms. The van der Waals surface area contributed by atoms with Crippen LogP contribution in [0.3, 0.4) is 0 Å². The molecule has 3 nitrogen and oxygen atoms in total. The molecule has 1 saturated heterocycles. The van der Waals surface area contributed by atoms with Gasteiger partial charge in [-0.15, -0.1) is 0 Å². The molecule has 1 heterocycles. The number of hydrogen-bond donors (Lipinski definition) is 1. The Morgan fingerprint density at radius 2 is 1.86 bits per heavy atom. The lowest BCUT2D eigenvalue weighted by Gasteiger charge is -2.44. The highest BCUT2D eigenvalue weighted by Gasteiger charge is 2.40. The fraction of sp³-hybridized carbons (Fsp3) is 0.944. The number of piperidine rings is 1. The van der Waals surface area contributed by atoms with E-state index in [0.717, 1.165) is 25.3 Å². The van der Waals surface area contributed by atoms with Crippen molar-refractivity contribution in [2.75, 3.05) is 13.1 Å². The van der Waals surface area contributed by atoms with Crippen LogP contribution in [0.1, 0.15) is 72.1 Å². The summed E-state index contributed by atoms with van der Waals surface area (Å²) in [6, 6.07) is 0.713. The molecule has 0 aromatic heterocycles. The van der Waals surface area contributed by atoms with E-state index in [0.29, 0.717) is 12.0 Å². The van der Waals surface area contributed by atoms with Crippen molar-refractivity contribution in [2.45, 2.75) is 78.2 Å². The van der Waals surface area contributed by atoms with E-state index in [4.69, 9.17) is 0 Å². The summed E-state index contributed by atoms with van der Waals surface area (Å²) in [6.45, 7) is 8.26. The molecule has 0 amide bonds. The standard InChI is InChI=1S/C18H33NO2/c1-4-6-14-8-10-16(11-9-14)19-12-5-7-15(13-19)18(2,3)17(20)21/h14-16H,4-13H2,1-3H3,(H,20,21). The van der Waals surface area contributed by atoms with E-state index >= 15 is 0 Å². The first kappa shape index (κ1) is 16.8. The molecule has 1 aliphatic carbocycles. The Morgan fingerprint density at radius 1 is 1.19 bits per heavy atom. The van der Waals surface area contributed by atoms with Crippen LogP contribution in [0, 0.1) is 17.3 Å². The molecule has 1 atom stereocenters. The van der Waals surface area contributed by atoms with Gasteiger partial charge >= 0.3 is 5.97 Å². The maximum Gasteiger partial charge on any atom is 0.309 e. The zero-order chi connectivity index (χ0) is 15.5. The van der Waals surface area contributed by atoms with Crippen LogP contribution in [0.5, 0.6) is 0 Å². The molecule has 0 radical (unpaired) electrons. The number of aliphatic carboxylic acids is 1. The zero-order valence-corrected chi connectivity index (χ0v) is 14.1. The van der Waals surface area contributed by atoms with Crippen molar-refractivity contribution >= 4 is 5.97 Å². The molecular formula is C18H33NO2. The Hall–Kier alpha value is -0.570. The first-order valence-electron chi connectivity index (χ1n) is 8.92. The molecule has 21 heavy (non-hydrogen) atoms. The predicted molar refractivity (Wildman–Crippen MR) is 86.4 cm³/mol. The van der Waals surface area contributed by atoms with Crippen LogP contribution in [-0.2, 0) is 4.79 Å². The minimum Gasteiger partial charge on any atom is -0.481 e. The fourth-order valence-corrected chi connectivity index (χ4v) is 4.31. The molecule has 0 aromatic carbocycles. The van der Waals surface area contributed by atoms with Gasteiger partial charge < -0.3 is 10.0 Å². The number of carboxylic acid groups (broad SMARTS) is 1. The maximum atomic E-state index is 11.5. The molecular weight excluding hydrogens is 262 g/mol. The van der Waals surface area contributed by atoms with Gasteiger partial charge in [0.15, 0.2) is 0 Å². The number of rotatable bonds is 5. The number of carbonyl (C=O) groups is 1. The molecule has 1 aliphatic heterocycles. The maximum absolute atomic E-state index is 11.5. The molecule has 2 aliphatic rings. The van der Waals surface area contributed by atoms with Crippen molar-refractivity contribution in [2.24, 2.45) is 17.3 Å². The first-order valence-corrected chi connectivity index (χ1v) is 8.92. The monoisotopic (exact) mass is 295 g/mol. The van der Waals surface area contributed by atoms with E-state index < -0.39 is 11.4 Å². The Kier molecular flexibility index (Phi) is 5.70. The molecule has 1 N–H and O–H groups in total. The molecule has 2 fully saturated rings.